The van der Waals surface area contributed by atoms with Crippen LogP contribution in [0, 0.1) is 5.92 Å². The molecular formula is C24H30F3N5O2. The Morgan fingerprint density at radius 2 is 2.12 bits per heavy atom. The largest absolute Gasteiger partial charge is 0.478 e. The van der Waals surface area contributed by atoms with E-state index in [0.29, 0.717) is 32.0 Å². The summed E-state index contributed by atoms with van der Waals surface area (Å²) in [5.41, 5.74) is 5.02. The number of nitrogens with zero attached hydrogens (tertiary/aromatic N) is 3. The van der Waals surface area contributed by atoms with E-state index in [1.807, 2.05) is 13.8 Å². The van der Waals surface area contributed by atoms with E-state index in [2.05, 4.69) is 15.3 Å². The van der Waals surface area contributed by atoms with Crippen LogP contribution >= 0.6 is 0 Å². The van der Waals surface area contributed by atoms with Gasteiger partial charge in [0.2, 0.25) is 5.88 Å². The topological polar surface area (TPSA) is 93.4 Å². The summed E-state index contributed by atoms with van der Waals surface area (Å²) < 4.78 is 48.0. The molecule has 4 rings (SSSR count). The van der Waals surface area contributed by atoms with Gasteiger partial charge in [0.05, 0.1) is 17.9 Å². The monoisotopic (exact) mass is 477 g/mol. The number of aromatic nitrogens is 2. The van der Waals surface area contributed by atoms with Crippen molar-refractivity contribution in [3.63, 3.8) is 0 Å². The number of carbonyl (C=O) groups is 1. The molecule has 2 aromatic rings. The zero-order valence-electron chi connectivity index (χ0n) is 19.6. The Kier molecular flexibility index (Phi) is 6.46. The van der Waals surface area contributed by atoms with Crippen molar-refractivity contribution < 1.29 is 22.7 Å². The van der Waals surface area contributed by atoms with E-state index < -0.39 is 23.3 Å². The molecule has 1 unspecified atom stereocenters. The smallest absolute Gasteiger partial charge is 0.434 e. The van der Waals surface area contributed by atoms with Crippen molar-refractivity contribution in [1.29, 1.82) is 0 Å². The van der Waals surface area contributed by atoms with Crippen LogP contribution in [0.4, 0.5) is 18.9 Å². The fourth-order valence-electron chi connectivity index (χ4n) is 4.45. The van der Waals surface area contributed by atoms with Crippen LogP contribution in [0.5, 0.6) is 5.88 Å². The molecule has 1 aliphatic heterocycles. The molecule has 0 radical (unpaired) electrons. The molecule has 3 N–H and O–H groups in total. The van der Waals surface area contributed by atoms with Crippen LogP contribution in [0.2, 0.25) is 0 Å². The second kappa shape index (κ2) is 9.05. The number of carbonyl (C=O) groups excluding carboxylic acids is 1. The zero-order valence-corrected chi connectivity index (χ0v) is 19.6. The minimum atomic E-state index is -4.73. The summed E-state index contributed by atoms with van der Waals surface area (Å²) >= 11 is 0. The third kappa shape index (κ3) is 5.11. The summed E-state index contributed by atoms with van der Waals surface area (Å²) in [5.74, 6) is 0.144. The van der Waals surface area contributed by atoms with E-state index in [1.165, 1.54) is 18.3 Å². The highest BCUT2D eigenvalue weighted by atomic mass is 19.4. The number of nitrogens with two attached hydrogens (primary N) is 1. The Bertz CT molecular complexity index is 1070. The molecule has 184 valence electrons. The first-order valence-corrected chi connectivity index (χ1v) is 11.5. The van der Waals surface area contributed by atoms with Crippen molar-refractivity contribution >= 4 is 11.6 Å². The first-order chi connectivity index (χ1) is 16.0. The van der Waals surface area contributed by atoms with Crippen LogP contribution in [-0.2, 0) is 6.18 Å². The zero-order chi connectivity index (χ0) is 24.7. The number of rotatable bonds is 7. The van der Waals surface area contributed by atoms with Gasteiger partial charge in [-0.3, -0.25) is 9.78 Å². The first kappa shape index (κ1) is 24.3. The van der Waals surface area contributed by atoms with Gasteiger partial charge in [0.1, 0.15) is 0 Å². The number of alkyl halides is 3. The Balaban J connectivity index is 1.91. The van der Waals surface area contributed by atoms with Gasteiger partial charge in [-0.25, -0.2) is 4.98 Å². The minimum Gasteiger partial charge on any atom is -0.478 e. The molecule has 34 heavy (non-hydrogen) atoms. The maximum Gasteiger partial charge on any atom is 0.434 e. The van der Waals surface area contributed by atoms with Crippen LogP contribution in [0.1, 0.15) is 56.1 Å². The number of halogens is 3. The molecule has 0 bridgehead atoms. The second-order valence-corrected chi connectivity index (χ2v) is 9.48. The molecule has 0 spiro atoms. The summed E-state index contributed by atoms with van der Waals surface area (Å²) in [6.45, 7) is 6.57. The van der Waals surface area contributed by atoms with Crippen molar-refractivity contribution in [1.82, 2.24) is 15.3 Å². The lowest BCUT2D eigenvalue weighted by Gasteiger charge is -2.28. The summed E-state index contributed by atoms with van der Waals surface area (Å²) in [4.78, 5) is 22.9. The van der Waals surface area contributed by atoms with Gasteiger partial charge in [0.15, 0.2) is 5.69 Å². The van der Waals surface area contributed by atoms with Crippen LogP contribution in [0.3, 0.4) is 0 Å². The van der Waals surface area contributed by atoms with E-state index in [1.54, 1.807) is 11.8 Å². The molecule has 7 nitrogen and oxygen atoms in total. The third-order valence-corrected chi connectivity index (χ3v) is 6.39. The van der Waals surface area contributed by atoms with Gasteiger partial charge in [-0.05, 0) is 57.6 Å². The maximum atomic E-state index is 14.2. The number of ether oxygens (including phenoxy) is 1. The highest BCUT2D eigenvalue weighted by Gasteiger charge is 2.41. The van der Waals surface area contributed by atoms with Crippen LogP contribution in [0.25, 0.3) is 11.1 Å². The minimum absolute atomic E-state index is 0.0741. The Morgan fingerprint density at radius 1 is 1.38 bits per heavy atom. The van der Waals surface area contributed by atoms with E-state index in [9.17, 15) is 18.0 Å². The van der Waals surface area contributed by atoms with E-state index in [-0.39, 0.29) is 34.3 Å². The van der Waals surface area contributed by atoms with Gasteiger partial charge in [0, 0.05) is 48.7 Å². The van der Waals surface area contributed by atoms with Gasteiger partial charge in [0.25, 0.3) is 5.91 Å². The van der Waals surface area contributed by atoms with E-state index in [0.717, 1.165) is 19.0 Å². The number of hydrogen-bond donors (Lipinski definition) is 2. The van der Waals surface area contributed by atoms with Crippen LogP contribution in [0.15, 0.2) is 24.5 Å². The van der Waals surface area contributed by atoms with Crippen LogP contribution in [-0.4, -0.2) is 47.2 Å². The van der Waals surface area contributed by atoms with Crippen molar-refractivity contribution in [2.75, 3.05) is 24.6 Å². The molecule has 3 heterocycles. The standard InChI is InChI=1S/C24H30F3N5O2/c1-4-34-18-11-16(7-9-29-18)19-20(32-10-8-23(3,28)13-32)17(12-30-21(19)24(25,26)27)22(33)31-14(2)15-5-6-15/h7,9,11-12,14-15H,4-6,8,10,13,28H2,1-3H3,(H,31,33)/t14?,23-/m0/s1. The second-order valence-electron chi connectivity index (χ2n) is 9.48. The molecule has 2 atom stereocenters. The molecule has 10 heteroatoms. The molecule has 1 amide bonds. The predicted molar refractivity (Wildman–Crippen MR) is 123 cm³/mol. The lowest BCUT2D eigenvalue weighted by Crippen LogP contribution is -2.40. The van der Waals surface area contributed by atoms with Crippen molar-refractivity contribution in [2.45, 2.75) is 57.8 Å². The molecule has 2 aromatic heterocycles. The van der Waals surface area contributed by atoms with Gasteiger partial charge >= 0.3 is 6.18 Å². The Labute approximate surface area is 196 Å². The summed E-state index contributed by atoms with van der Waals surface area (Å²) in [6.07, 6.45) is 0.327. The molecule has 1 saturated heterocycles. The quantitative estimate of drug-likeness (QED) is 0.626. The maximum absolute atomic E-state index is 14.2. The third-order valence-electron chi connectivity index (χ3n) is 6.39. The lowest BCUT2D eigenvalue weighted by molar-refractivity contribution is -0.140. The number of hydrogen-bond acceptors (Lipinski definition) is 6. The first-order valence-electron chi connectivity index (χ1n) is 11.5. The van der Waals surface area contributed by atoms with Crippen molar-refractivity contribution in [3.8, 4) is 17.0 Å². The molecule has 1 saturated carbocycles. The molecule has 2 aliphatic rings. The van der Waals surface area contributed by atoms with Gasteiger partial charge < -0.3 is 20.7 Å². The Morgan fingerprint density at radius 3 is 2.71 bits per heavy atom. The van der Waals surface area contributed by atoms with Gasteiger partial charge in [-0.15, -0.1) is 0 Å². The average Bonchev–Trinajstić information content (AvgIpc) is 3.55. The van der Waals surface area contributed by atoms with E-state index in [4.69, 9.17) is 10.5 Å². The predicted octanol–water partition coefficient (Wildman–Crippen LogP) is 4.02. The average molecular weight is 478 g/mol. The highest BCUT2D eigenvalue weighted by molar-refractivity contribution is 6.04. The van der Waals surface area contributed by atoms with Crippen LogP contribution < -0.4 is 20.7 Å². The highest BCUT2D eigenvalue weighted by Crippen LogP contribution is 2.45. The SMILES string of the molecule is CCOc1cc(-c2c(C(F)(F)F)ncc(C(=O)NC(C)C3CC3)c2N2CC[C@](C)(N)C2)ccn1. The van der Waals surface area contributed by atoms with Crippen molar-refractivity contribution in [3.05, 3.63) is 35.8 Å². The van der Waals surface area contributed by atoms with Gasteiger partial charge in [-0.2, -0.15) is 13.2 Å². The van der Waals surface area contributed by atoms with E-state index >= 15 is 0 Å². The number of pyridine rings is 2. The lowest BCUT2D eigenvalue weighted by atomic mass is 9.97. The fourth-order valence-corrected chi connectivity index (χ4v) is 4.45. The fraction of sp³-hybridized carbons (Fsp3) is 0.542. The number of anilines is 1. The molecule has 1 aliphatic carbocycles. The van der Waals surface area contributed by atoms with Crippen molar-refractivity contribution in [2.24, 2.45) is 11.7 Å². The summed E-state index contributed by atoms with van der Waals surface area (Å²) in [7, 11) is 0. The number of nitrogens with one attached hydrogen (secondary N) is 1. The molecule has 0 aromatic carbocycles. The molecular weight excluding hydrogens is 447 g/mol. The Hall–Kier alpha value is -2.88. The summed E-state index contributed by atoms with van der Waals surface area (Å²) in [5, 5.41) is 2.96. The van der Waals surface area contributed by atoms with Gasteiger partial charge in [-0.1, -0.05) is 0 Å². The molecule has 2 fully saturated rings. The normalized spacial score (nSPS) is 21.4. The number of amides is 1. The summed E-state index contributed by atoms with van der Waals surface area (Å²) in [6, 6.07) is 2.85.